The van der Waals surface area contributed by atoms with Crippen LogP contribution < -0.4 is 10.1 Å². The van der Waals surface area contributed by atoms with E-state index in [1.165, 1.54) is 0 Å². The third-order valence-electron chi connectivity index (χ3n) is 3.57. The number of benzene rings is 1. The molecular weight excluding hydrogens is 290 g/mol. The Hall–Kier alpha value is -1.26. The van der Waals surface area contributed by atoms with Crippen molar-refractivity contribution in [2.45, 2.75) is 38.3 Å². The zero-order valence-corrected chi connectivity index (χ0v) is 13.3. The number of hydrogen-bond donors (Lipinski definition) is 1. The molecule has 1 aliphatic rings. The lowest BCUT2D eigenvalue weighted by Crippen LogP contribution is -2.53. The molecule has 1 amide bonds. The minimum absolute atomic E-state index is 0.103. The summed E-state index contributed by atoms with van der Waals surface area (Å²) in [5.41, 5.74) is 0.256. The van der Waals surface area contributed by atoms with Crippen molar-refractivity contribution in [1.29, 1.82) is 0 Å². The maximum atomic E-state index is 12.4. The Bertz CT molecular complexity index is 467. The first-order valence-corrected chi connectivity index (χ1v) is 7.81. The second-order valence-corrected chi connectivity index (χ2v) is 5.94. The molecule has 0 saturated carbocycles. The molecule has 0 unspecified atom stereocenters. The van der Waals surface area contributed by atoms with Gasteiger partial charge in [0, 0.05) is 24.7 Å². The lowest BCUT2D eigenvalue weighted by atomic mass is 9.92. The van der Waals surface area contributed by atoms with Crippen molar-refractivity contribution < 1.29 is 14.3 Å². The highest BCUT2D eigenvalue weighted by molar-refractivity contribution is 6.19. The molecular formula is C16H22ClNO3. The maximum absolute atomic E-state index is 12.4. The average molecular weight is 312 g/mol. The maximum Gasteiger partial charge on any atom is 0.251 e. The topological polar surface area (TPSA) is 47.6 Å². The first kappa shape index (κ1) is 16.1. The van der Waals surface area contributed by atoms with Crippen molar-refractivity contribution in [1.82, 2.24) is 5.32 Å². The van der Waals surface area contributed by atoms with Gasteiger partial charge in [0.25, 0.3) is 5.91 Å². The minimum Gasteiger partial charge on any atom is -0.491 e. The van der Waals surface area contributed by atoms with E-state index in [0.29, 0.717) is 24.7 Å². The van der Waals surface area contributed by atoms with E-state index in [-0.39, 0.29) is 17.6 Å². The summed E-state index contributed by atoms with van der Waals surface area (Å²) in [5, 5.41) is 3.07. The van der Waals surface area contributed by atoms with Gasteiger partial charge in [-0.3, -0.25) is 4.79 Å². The molecule has 0 aromatic heterocycles. The Morgan fingerprint density at radius 1 is 1.33 bits per heavy atom. The summed E-state index contributed by atoms with van der Waals surface area (Å²) in [6.45, 7) is 5.20. The summed E-state index contributed by atoms with van der Waals surface area (Å²) in [5.74, 6) is 1.06. The molecule has 1 aromatic rings. The fourth-order valence-electron chi connectivity index (χ4n) is 2.32. The smallest absolute Gasteiger partial charge is 0.251 e. The molecule has 4 nitrogen and oxygen atoms in total. The zero-order chi connectivity index (χ0) is 15.3. The third-order valence-corrected chi connectivity index (χ3v) is 4.08. The van der Waals surface area contributed by atoms with Crippen LogP contribution in [0.2, 0.25) is 0 Å². The predicted octanol–water partition coefficient (Wildman–Crippen LogP) is 2.99. The standard InChI is InChI=1S/C16H22ClNO3/c1-12(2)21-14-5-3-13(4-6-14)15(19)18-16(11-17)7-9-20-10-8-16/h3-6,12H,7-11H2,1-2H3,(H,18,19). The SMILES string of the molecule is CC(C)Oc1ccc(C(=O)NC2(CCl)CCOCC2)cc1. The Labute approximate surface area is 130 Å². The molecule has 21 heavy (non-hydrogen) atoms. The van der Waals surface area contributed by atoms with Crippen molar-refractivity contribution in [3.63, 3.8) is 0 Å². The lowest BCUT2D eigenvalue weighted by molar-refractivity contribution is 0.0434. The Morgan fingerprint density at radius 3 is 2.48 bits per heavy atom. The van der Waals surface area contributed by atoms with Crippen LogP contribution in [0.1, 0.15) is 37.0 Å². The molecule has 1 aliphatic heterocycles. The van der Waals surface area contributed by atoms with Gasteiger partial charge >= 0.3 is 0 Å². The van der Waals surface area contributed by atoms with Gasteiger partial charge in [0.2, 0.25) is 0 Å². The lowest BCUT2D eigenvalue weighted by Gasteiger charge is -2.36. The number of nitrogens with one attached hydrogen (secondary N) is 1. The summed E-state index contributed by atoms with van der Waals surface area (Å²) in [4.78, 5) is 12.4. The summed E-state index contributed by atoms with van der Waals surface area (Å²) >= 11 is 6.06. The molecule has 0 aliphatic carbocycles. The third kappa shape index (κ3) is 4.35. The normalized spacial score (nSPS) is 17.5. The molecule has 116 valence electrons. The predicted molar refractivity (Wildman–Crippen MR) is 83.2 cm³/mol. The van der Waals surface area contributed by atoms with Gasteiger partial charge in [0.1, 0.15) is 5.75 Å². The molecule has 1 fully saturated rings. The summed E-state index contributed by atoms with van der Waals surface area (Å²) in [7, 11) is 0. The van der Waals surface area contributed by atoms with Crippen LogP contribution in [0.4, 0.5) is 0 Å². The van der Waals surface area contributed by atoms with Crippen LogP contribution in [0.5, 0.6) is 5.75 Å². The van der Waals surface area contributed by atoms with Crippen LogP contribution >= 0.6 is 11.6 Å². The number of ether oxygens (including phenoxy) is 2. The first-order valence-electron chi connectivity index (χ1n) is 7.28. The second kappa shape index (κ2) is 7.14. The quantitative estimate of drug-likeness (QED) is 0.850. The number of hydrogen-bond acceptors (Lipinski definition) is 3. The van der Waals surface area contributed by atoms with E-state index in [9.17, 15) is 4.79 Å². The first-order chi connectivity index (χ1) is 10.0. The summed E-state index contributed by atoms with van der Waals surface area (Å²) in [6, 6.07) is 7.17. The van der Waals surface area contributed by atoms with Crippen molar-refractivity contribution in [2.75, 3.05) is 19.1 Å². The molecule has 1 aromatic carbocycles. The highest BCUT2D eigenvalue weighted by atomic mass is 35.5. The van der Waals surface area contributed by atoms with Gasteiger partial charge in [-0.15, -0.1) is 11.6 Å². The van der Waals surface area contributed by atoms with Gasteiger partial charge in [-0.2, -0.15) is 0 Å². The van der Waals surface area contributed by atoms with E-state index in [1.807, 2.05) is 26.0 Å². The monoisotopic (exact) mass is 311 g/mol. The largest absolute Gasteiger partial charge is 0.491 e. The number of alkyl halides is 1. The molecule has 0 spiro atoms. The Balaban J connectivity index is 2.02. The average Bonchev–Trinajstić information content (AvgIpc) is 2.48. The number of rotatable bonds is 5. The van der Waals surface area contributed by atoms with Crippen molar-refractivity contribution in [2.24, 2.45) is 0 Å². The van der Waals surface area contributed by atoms with Crippen LogP contribution in [-0.4, -0.2) is 36.6 Å². The Kier molecular flexibility index (Phi) is 5.48. The molecule has 1 N–H and O–H groups in total. The zero-order valence-electron chi connectivity index (χ0n) is 12.5. The minimum atomic E-state index is -0.357. The van der Waals surface area contributed by atoms with E-state index >= 15 is 0 Å². The van der Waals surface area contributed by atoms with E-state index in [0.717, 1.165) is 18.6 Å². The molecule has 2 rings (SSSR count). The van der Waals surface area contributed by atoms with E-state index < -0.39 is 0 Å². The van der Waals surface area contributed by atoms with Gasteiger partial charge in [0.05, 0.1) is 11.6 Å². The molecule has 1 heterocycles. The van der Waals surface area contributed by atoms with Crippen LogP contribution in [0.3, 0.4) is 0 Å². The fraction of sp³-hybridized carbons (Fsp3) is 0.562. The van der Waals surface area contributed by atoms with Gasteiger partial charge in [-0.25, -0.2) is 0 Å². The van der Waals surface area contributed by atoms with E-state index in [4.69, 9.17) is 21.1 Å². The number of amides is 1. The molecule has 0 atom stereocenters. The van der Waals surface area contributed by atoms with Crippen molar-refractivity contribution in [3.8, 4) is 5.75 Å². The fourth-order valence-corrected chi connectivity index (χ4v) is 2.66. The highest BCUT2D eigenvalue weighted by Crippen LogP contribution is 2.23. The second-order valence-electron chi connectivity index (χ2n) is 5.67. The number of carbonyl (C=O) groups excluding carboxylic acids is 1. The van der Waals surface area contributed by atoms with Gasteiger partial charge in [-0.1, -0.05) is 0 Å². The van der Waals surface area contributed by atoms with Gasteiger partial charge in [0.15, 0.2) is 0 Å². The van der Waals surface area contributed by atoms with Crippen LogP contribution in [0.15, 0.2) is 24.3 Å². The van der Waals surface area contributed by atoms with Crippen LogP contribution in [0, 0.1) is 0 Å². The van der Waals surface area contributed by atoms with Crippen LogP contribution in [-0.2, 0) is 4.74 Å². The molecule has 1 saturated heterocycles. The van der Waals surface area contributed by atoms with Gasteiger partial charge < -0.3 is 14.8 Å². The number of halogens is 1. The number of carbonyl (C=O) groups is 1. The Morgan fingerprint density at radius 2 is 1.95 bits per heavy atom. The van der Waals surface area contributed by atoms with E-state index in [2.05, 4.69) is 5.32 Å². The summed E-state index contributed by atoms with van der Waals surface area (Å²) < 4.78 is 10.9. The highest BCUT2D eigenvalue weighted by Gasteiger charge is 2.33. The molecule has 0 radical (unpaired) electrons. The van der Waals surface area contributed by atoms with Gasteiger partial charge in [-0.05, 0) is 51.0 Å². The van der Waals surface area contributed by atoms with Crippen LogP contribution in [0.25, 0.3) is 0 Å². The molecule has 5 heteroatoms. The van der Waals surface area contributed by atoms with Crippen molar-refractivity contribution in [3.05, 3.63) is 29.8 Å². The van der Waals surface area contributed by atoms with Crippen molar-refractivity contribution >= 4 is 17.5 Å². The summed E-state index contributed by atoms with van der Waals surface area (Å²) in [6.07, 6.45) is 1.61. The molecule has 0 bridgehead atoms. The van der Waals surface area contributed by atoms with E-state index in [1.54, 1.807) is 12.1 Å².